The summed E-state index contributed by atoms with van der Waals surface area (Å²) in [4.78, 5) is 24.8. The molecule has 0 radical (unpaired) electrons. The predicted molar refractivity (Wildman–Crippen MR) is 116 cm³/mol. The molecule has 0 aliphatic rings. The van der Waals surface area contributed by atoms with Crippen LogP contribution in [0, 0.1) is 0 Å². The van der Waals surface area contributed by atoms with E-state index >= 15 is 0 Å². The van der Waals surface area contributed by atoms with Crippen molar-refractivity contribution in [3.8, 4) is 0 Å². The van der Waals surface area contributed by atoms with Crippen molar-refractivity contribution in [2.75, 3.05) is 5.32 Å². The number of hydrogen-bond acceptors (Lipinski definition) is 2. The van der Waals surface area contributed by atoms with E-state index in [1.807, 2.05) is 26.0 Å². The smallest absolute Gasteiger partial charge is 0.253 e. The van der Waals surface area contributed by atoms with E-state index in [1.165, 1.54) is 11.6 Å². The van der Waals surface area contributed by atoms with Crippen molar-refractivity contribution in [1.82, 2.24) is 5.32 Å². The first-order valence-corrected chi connectivity index (χ1v) is 9.70. The van der Waals surface area contributed by atoms with Crippen LogP contribution in [0.1, 0.15) is 62.5 Å². The summed E-state index contributed by atoms with van der Waals surface area (Å²) in [5.41, 5.74) is 3.25. The average Bonchev–Trinajstić information content (AvgIpc) is 2.66. The number of benzene rings is 2. The van der Waals surface area contributed by atoms with Gasteiger partial charge in [0.1, 0.15) is 0 Å². The van der Waals surface area contributed by atoms with Gasteiger partial charge in [-0.3, -0.25) is 9.59 Å². The molecule has 2 amide bonds. The van der Waals surface area contributed by atoms with Crippen molar-refractivity contribution in [3.63, 3.8) is 0 Å². The Kier molecular flexibility index (Phi) is 7.16. The fraction of sp³-hybridized carbons (Fsp3) is 0.333. The molecular formula is C24H30N2O2. The summed E-state index contributed by atoms with van der Waals surface area (Å²) in [6.45, 7) is 10.5. The summed E-state index contributed by atoms with van der Waals surface area (Å²) < 4.78 is 0. The first-order chi connectivity index (χ1) is 13.2. The lowest BCUT2D eigenvalue weighted by Crippen LogP contribution is -2.32. The van der Waals surface area contributed by atoms with Crippen molar-refractivity contribution in [2.24, 2.45) is 0 Å². The van der Waals surface area contributed by atoms with Gasteiger partial charge in [0.2, 0.25) is 5.91 Å². The molecule has 0 spiro atoms. The van der Waals surface area contributed by atoms with Gasteiger partial charge in [-0.25, -0.2) is 0 Å². The van der Waals surface area contributed by atoms with Gasteiger partial charge >= 0.3 is 0 Å². The number of para-hydroxylation sites is 1. The van der Waals surface area contributed by atoms with E-state index in [0.717, 1.165) is 12.0 Å². The second kappa shape index (κ2) is 9.36. The summed E-state index contributed by atoms with van der Waals surface area (Å²) in [5, 5.41) is 5.73. The normalized spacial score (nSPS) is 12.6. The Labute approximate surface area is 168 Å². The summed E-state index contributed by atoms with van der Waals surface area (Å²) in [5.74, 6) is -0.462. The van der Waals surface area contributed by atoms with Crippen molar-refractivity contribution < 1.29 is 9.59 Å². The molecule has 2 aromatic rings. The summed E-state index contributed by atoms with van der Waals surface area (Å²) >= 11 is 0. The van der Waals surface area contributed by atoms with E-state index in [2.05, 4.69) is 43.5 Å². The molecule has 0 saturated heterocycles. The van der Waals surface area contributed by atoms with Crippen molar-refractivity contribution in [2.45, 2.75) is 52.5 Å². The first kappa shape index (κ1) is 21.4. The second-order valence-corrected chi connectivity index (χ2v) is 8.02. The molecule has 2 aromatic carbocycles. The van der Waals surface area contributed by atoms with Gasteiger partial charge in [0.05, 0.1) is 11.3 Å². The van der Waals surface area contributed by atoms with Crippen LogP contribution in [-0.2, 0) is 10.2 Å². The third-order valence-electron chi connectivity index (χ3n) is 4.62. The minimum atomic E-state index is -0.274. The zero-order chi connectivity index (χ0) is 20.7. The Morgan fingerprint density at radius 2 is 1.68 bits per heavy atom. The number of carbonyl (C=O) groups is 2. The zero-order valence-corrected chi connectivity index (χ0v) is 17.4. The van der Waals surface area contributed by atoms with Crippen LogP contribution >= 0.6 is 0 Å². The molecule has 0 aromatic heterocycles. The minimum absolute atomic E-state index is 0.0761. The molecule has 28 heavy (non-hydrogen) atoms. The van der Waals surface area contributed by atoms with Crippen molar-refractivity contribution in [1.29, 1.82) is 0 Å². The molecular weight excluding hydrogens is 348 g/mol. The molecule has 0 fully saturated rings. The lowest BCUT2D eigenvalue weighted by Gasteiger charge is -2.18. The van der Waals surface area contributed by atoms with Crippen LogP contribution in [0.3, 0.4) is 0 Å². The number of hydrogen-bond donors (Lipinski definition) is 2. The maximum absolute atomic E-state index is 12.4. The summed E-state index contributed by atoms with van der Waals surface area (Å²) in [6.07, 6.45) is 4.09. The van der Waals surface area contributed by atoms with E-state index in [0.29, 0.717) is 11.3 Å². The van der Waals surface area contributed by atoms with E-state index in [-0.39, 0.29) is 23.3 Å². The summed E-state index contributed by atoms with van der Waals surface area (Å²) in [6, 6.07) is 15.2. The molecule has 0 heterocycles. The molecule has 1 atom stereocenters. The van der Waals surface area contributed by atoms with Gasteiger partial charge in [0.15, 0.2) is 0 Å². The van der Waals surface area contributed by atoms with Gasteiger partial charge in [-0.15, -0.1) is 0 Å². The van der Waals surface area contributed by atoms with Crippen LogP contribution in [0.25, 0.3) is 6.08 Å². The Morgan fingerprint density at radius 1 is 1.04 bits per heavy atom. The third-order valence-corrected chi connectivity index (χ3v) is 4.62. The van der Waals surface area contributed by atoms with E-state index in [1.54, 1.807) is 30.3 Å². The maximum Gasteiger partial charge on any atom is 0.253 e. The SMILES string of the molecule is CCC(C)NC(=O)c1ccccc1NC(=O)C=Cc1ccc(C(C)(C)C)cc1. The largest absolute Gasteiger partial charge is 0.350 e. The van der Waals surface area contributed by atoms with Crippen LogP contribution < -0.4 is 10.6 Å². The van der Waals surface area contributed by atoms with E-state index in [4.69, 9.17) is 0 Å². The van der Waals surface area contributed by atoms with Gasteiger partial charge in [-0.2, -0.15) is 0 Å². The maximum atomic E-state index is 12.4. The van der Waals surface area contributed by atoms with E-state index in [9.17, 15) is 9.59 Å². The Hall–Kier alpha value is -2.88. The molecule has 2 rings (SSSR count). The van der Waals surface area contributed by atoms with Gasteiger partial charge in [-0.05, 0) is 48.1 Å². The van der Waals surface area contributed by atoms with Gasteiger partial charge < -0.3 is 10.6 Å². The highest BCUT2D eigenvalue weighted by atomic mass is 16.2. The fourth-order valence-corrected chi connectivity index (χ4v) is 2.63. The topological polar surface area (TPSA) is 58.2 Å². The van der Waals surface area contributed by atoms with Crippen LogP contribution in [0.4, 0.5) is 5.69 Å². The monoisotopic (exact) mass is 378 g/mol. The van der Waals surface area contributed by atoms with Crippen molar-refractivity contribution in [3.05, 3.63) is 71.3 Å². The molecule has 148 valence electrons. The Morgan fingerprint density at radius 3 is 2.29 bits per heavy atom. The van der Waals surface area contributed by atoms with Gasteiger partial charge in [-0.1, -0.05) is 64.1 Å². The molecule has 2 N–H and O–H groups in total. The highest BCUT2D eigenvalue weighted by molar-refractivity contribution is 6.07. The molecule has 4 heteroatoms. The molecule has 0 aliphatic heterocycles. The highest BCUT2D eigenvalue weighted by Gasteiger charge is 2.14. The number of amides is 2. The number of nitrogens with one attached hydrogen (secondary N) is 2. The molecule has 1 unspecified atom stereocenters. The quantitative estimate of drug-likeness (QED) is 0.682. The minimum Gasteiger partial charge on any atom is -0.350 e. The lowest BCUT2D eigenvalue weighted by molar-refractivity contribution is -0.111. The second-order valence-electron chi connectivity index (χ2n) is 8.02. The number of rotatable bonds is 6. The Bertz CT molecular complexity index is 846. The lowest BCUT2D eigenvalue weighted by atomic mass is 9.87. The third kappa shape index (κ3) is 6.08. The zero-order valence-electron chi connectivity index (χ0n) is 17.4. The van der Waals surface area contributed by atoms with Gasteiger partial charge in [0, 0.05) is 12.1 Å². The fourth-order valence-electron chi connectivity index (χ4n) is 2.63. The number of anilines is 1. The molecule has 4 nitrogen and oxygen atoms in total. The molecule has 0 saturated carbocycles. The van der Waals surface area contributed by atoms with Crippen LogP contribution in [0.5, 0.6) is 0 Å². The average molecular weight is 379 g/mol. The highest BCUT2D eigenvalue weighted by Crippen LogP contribution is 2.22. The molecule has 0 aliphatic carbocycles. The first-order valence-electron chi connectivity index (χ1n) is 9.70. The van der Waals surface area contributed by atoms with Crippen LogP contribution in [-0.4, -0.2) is 17.9 Å². The van der Waals surface area contributed by atoms with Gasteiger partial charge in [0.25, 0.3) is 5.91 Å². The predicted octanol–water partition coefficient (Wildman–Crippen LogP) is 5.16. The van der Waals surface area contributed by atoms with E-state index < -0.39 is 0 Å². The summed E-state index contributed by atoms with van der Waals surface area (Å²) in [7, 11) is 0. The standard InChI is InChI=1S/C24H30N2O2/c1-6-17(2)25-23(28)20-9-7-8-10-21(20)26-22(27)16-13-18-11-14-19(15-12-18)24(3,4)5/h7-17H,6H2,1-5H3,(H,25,28)(H,26,27). The van der Waals surface area contributed by atoms with Crippen LogP contribution in [0.2, 0.25) is 0 Å². The number of carbonyl (C=O) groups excluding carboxylic acids is 2. The molecule has 0 bridgehead atoms. The van der Waals surface area contributed by atoms with Crippen molar-refractivity contribution >= 4 is 23.6 Å². The Balaban J connectivity index is 2.07. The van der Waals surface area contributed by atoms with Crippen LogP contribution in [0.15, 0.2) is 54.6 Å².